The summed E-state index contributed by atoms with van der Waals surface area (Å²) in [5.41, 5.74) is 0.408. The Balaban J connectivity index is 0. The van der Waals surface area contributed by atoms with Crippen molar-refractivity contribution in [2.75, 3.05) is 79.0 Å². The van der Waals surface area contributed by atoms with Crippen molar-refractivity contribution in [2.45, 2.75) is 118 Å². The van der Waals surface area contributed by atoms with Gasteiger partial charge in [0.2, 0.25) is 0 Å². The quantitative estimate of drug-likeness (QED) is 0.0376. The minimum absolute atomic E-state index is 0. The summed E-state index contributed by atoms with van der Waals surface area (Å²) in [4.78, 5) is 97.3. The van der Waals surface area contributed by atoms with E-state index in [1.165, 1.54) is 0 Å². The van der Waals surface area contributed by atoms with Gasteiger partial charge in [-0.3, -0.25) is 38.4 Å². The maximum Gasteiger partial charge on any atom is 0.179 e. The summed E-state index contributed by atoms with van der Waals surface area (Å²) in [7, 11) is 0. The average Bonchev–Trinajstić information content (AvgIpc) is 3.30. The van der Waals surface area contributed by atoms with Gasteiger partial charge in [0.25, 0.3) is 0 Å². The number of rotatable bonds is 24. The molecule has 3 heterocycles. The van der Waals surface area contributed by atoms with Gasteiger partial charge in [-0.25, -0.2) is 0 Å². The van der Waals surface area contributed by atoms with Crippen LogP contribution in [0.4, 0.5) is 0 Å². The summed E-state index contributed by atoms with van der Waals surface area (Å²) in [6.45, 7) is 18.0. The van der Waals surface area contributed by atoms with Gasteiger partial charge in [0.05, 0.1) is 52.9 Å². The van der Waals surface area contributed by atoms with Gasteiger partial charge in [-0.1, -0.05) is 31.4 Å². The summed E-state index contributed by atoms with van der Waals surface area (Å²) in [5, 5.41) is 17.3. The molecule has 396 valence electrons. The maximum atomic E-state index is 12.2. The standard InChI is InChI=1S/C21H32NO8.C21H28NO8.C4H8N2.2Pd/c2*1-5-27-18(23)16(19(24)28-6-2)12-14-10-9-11-15(22-14)13-17(20(25)29-7-3)21(26)30-8-4;1-2-6-4-3-5-1;;/h14-15H,5-13H2,1-4H3;9-11,14H,5-8,12-13H2,1-4H3;1-4H2;;/q2*-3;-2;;. The number of nitrogens with zero attached hydrogens (tertiary/aromatic N) is 4. The van der Waals surface area contributed by atoms with Gasteiger partial charge in [-0.2, -0.15) is 86.9 Å². The van der Waals surface area contributed by atoms with Crippen LogP contribution in [0.3, 0.4) is 0 Å². The molecule has 2 fully saturated rings. The number of piperazine rings is 1. The van der Waals surface area contributed by atoms with Gasteiger partial charge in [0.15, 0.2) is 47.8 Å². The summed E-state index contributed by atoms with van der Waals surface area (Å²) in [5.74, 6) is -6.40. The molecule has 0 spiro atoms. The molecule has 0 amide bonds. The zero-order valence-corrected chi connectivity index (χ0v) is 43.5. The smallest absolute Gasteiger partial charge is 0.179 e. The van der Waals surface area contributed by atoms with Gasteiger partial charge >= 0.3 is 0 Å². The van der Waals surface area contributed by atoms with Gasteiger partial charge in [-0.15, -0.1) is 18.5 Å². The Hall–Kier alpha value is -4.28. The van der Waals surface area contributed by atoms with E-state index in [-0.39, 0.29) is 155 Å². The first kappa shape index (κ1) is 65.8. The maximum absolute atomic E-state index is 12.2. The summed E-state index contributed by atoms with van der Waals surface area (Å²) >= 11 is 0. The number of esters is 8. The van der Waals surface area contributed by atoms with Crippen molar-refractivity contribution in [3.05, 3.63) is 68.9 Å². The van der Waals surface area contributed by atoms with Crippen molar-refractivity contribution < 1.29 is 117 Å². The van der Waals surface area contributed by atoms with Crippen LogP contribution in [0.15, 0.2) is 23.9 Å². The van der Waals surface area contributed by atoms with E-state index < -0.39 is 53.8 Å². The second-order valence-corrected chi connectivity index (χ2v) is 13.9. The van der Waals surface area contributed by atoms with Crippen molar-refractivity contribution in [2.24, 2.45) is 0 Å². The van der Waals surface area contributed by atoms with Crippen LogP contribution in [-0.4, -0.2) is 145 Å². The molecule has 3 unspecified atom stereocenters. The molecule has 3 aliphatic rings. The molecule has 0 N–H and O–H groups in total. The monoisotopic (exact) mass is 1140 g/mol. The van der Waals surface area contributed by atoms with Crippen LogP contribution in [0.5, 0.6) is 0 Å². The van der Waals surface area contributed by atoms with Gasteiger partial charge in [-0.05, 0) is 55.4 Å². The normalized spacial score (nSPS) is 16.6. The van der Waals surface area contributed by atoms with Crippen LogP contribution >= 0.6 is 0 Å². The predicted molar refractivity (Wildman–Crippen MR) is 240 cm³/mol. The third-order valence-electron chi connectivity index (χ3n) is 9.11. The first-order valence-corrected chi connectivity index (χ1v) is 22.6. The molecule has 0 aromatic heterocycles. The molecule has 20 nitrogen and oxygen atoms in total. The SMILES string of the molecule is C1C[N-]CC[N-]1.CCOC(=O)[C-](CC1=CC=CC(C[C-](C(=O)OCC)C(=O)OCC)[N-]1)C(=O)OCC.CCOC(=O)[C-](CC1CCCC(C[C-](C(=O)OCC)C(=O)OCC)[N-]1)C(=O)OCC.[Pd].[Pd]. The molecule has 0 saturated carbocycles. The fraction of sp³-hybridized carbons (Fsp3) is 0.652. The molecular formula is C46H68N4O16Pd2-8. The zero-order chi connectivity index (χ0) is 49.3. The number of piperidine rings is 1. The zero-order valence-electron chi connectivity index (χ0n) is 40.4. The number of allylic oxidation sites excluding steroid dienone is 3. The second kappa shape index (κ2) is 39.6. The van der Waals surface area contributed by atoms with Crippen LogP contribution in [-0.2, 0) is 117 Å². The molecule has 0 radical (unpaired) electrons. The van der Waals surface area contributed by atoms with Crippen molar-refractivity contribution in [3.63, 3.8) is 0 Å². The first-order chi connectivity index (χ1) is 31.7. The van der Waals surface area contributed by atoms with E-state index in [1.807, 2.05) is 0 Å². The Kier molecular flexibility index (Phi) is 38.3. The Morgan fingerprint density at radius 1 is 0.471 bits per heavy atom. The number of hydrogen-bond acceptors (Lipinski definition) is 16. The molecule has 0 bridgehead atoms. The number of carbonyl (C=O) groups is 8. The summed E-state index contributed by atoms with van der Waals surface area (Å²) < 4.78 is 39.6. The van der Waals surface area contributed by atoms with E-state index >= 15 is 0 Å². The van der Waals surface area contributed by atoms with Crippen LogP contribution < -0.4 is 0 Å². The minimum atomic E-state index is -0.775. The third-order valence-corrected chi connectivity index (χ3v) is 9.11. The molecular weight excluding hydrogens is 1080 g/mol. The molecule has 22 heteroatoms. The molecule has 2 saturated heterocycles. The van der Waals surface area contributed by atoms with Crippen LogP contribution in [0.2, 0.25) is 0 Å². The predicted octanol–water partition coefficient (Wildman–Crippen LogP) is 5.57. The Morgan fingerprint density at radius 2 is 0.765 bits per heavy atom. The summed E-state index contributed by atoms with van der Waals surface area (Å²) in [6, 6.07) is -1.21. The minimum Gasteiger partial charge on any atom is -0.686 e. The third kappa shape index (κ3) is 25.9. The average molecular weight is 1150 g/mol. The van der Waals surface area contributed by atoms with E-state index in [2.05, 4.69) is 21.3 Å². The van der Waals surface area contributed by atoms with E-state index in [1.54, 1.807) is 73.6 Å². The van der Waals surface area contributed by atoms with Gasteiger partial charge < -0.3 is 59.2 Å². The summed E-state index contributed by atoms with van der Waals surface area (Å²) in [6.07, 6.45) is 7.14. The topological polar surface area (TPSA) is 267 Å². The van der Waals surface area contributed by atoms with Crippen LogP contribution in [0, 0.1) is 23.7 Å². The fourth-order valence-corrected chi connectivity index (χ4v) is 6.25. The fourth-order valence-electron chi connectivity index (χ4n) is 6.25. The van der Waals surface area contributed by atoms with E-state index in [0.29, 0.717) is 18.5 Å². The largest absolute Gasteiger partial charge is 0.686 e. The Labute approximate surface area is 429 Å². The van der Waals surface area contributed by atoms with Crippen molar-refractivity contribution in [1.82, 2.24) is 0 Å². The van der Waals surface area contributed by atoms with Crippen molar-refractivity contribution in [1.29, 1.82) is 0 Å². The van der Waals surface area contributed by atoms with Crippen molar-refractivity contribution in [3.8, 4) is 0 Å². The molecule has 3 aliphatic heterocycles. The molecule has 0 aromatic rings. The van der Waals surface area contributed by atoms with E-state index in [4.69, 9.17) is 37.9 Å². The molecule has 3 rings (SSSR count). The van der Waals surface area contributed by atoms with E-state index in [9.17, 15) is 38.4 Å². The van der Waals surface area contributed by atoms with Crippen LogP contribution in [0.25, 0.3) is 21.3 Å². The van der Waals surface area contributed by atoms with Gasteiger partial charge in [0, 0.05) is 40.8 Å². The Morgan fingerprint density at radius 3 is 1.06 bits per heavy atom. The molecule has 3 atom stereocenters. The van der Waals surface area contributed by atoms with Crippen LogP contribution in [0.1, 0.15) is 100 Å². The Bertz CT molecular complexity index is 1450. The second-order valence-electron chi connectivity index (χ2n) is 13.9. The van der Waals surface area contributed by atoms with Crippen molar-refractivity contribution >= 4 is 47.8 Å². The number of carbonyl (C=O) groups excluding carboxylic acids is 8. The number of hydrogen-bond donors (Lipinski definition) is 0. The number of ether oxygens (including phenoxy) is 8. The van der Waals surface area contributed by atoms with Gasteiger partial charge in [0.1, 0.15) is 0 Å². The first-order valence-electron chi connectivity index (χ1n) is 22.6. The molecule has 0 aromatic carbocycles. The molecule has 0 aliphatic carbocycles. The molecule has 68 heavy (non-hydrogen) atoms. The van der Waals surface area contributed by atoms with E-state index in [0.717, 1.165) is 32.6 Å².